The highest BCUT2D eigenvalue weighted by Gasteiger charge is 2.38. The van der Waals surface area contributed by atoms with Crippen LogP contribution in [0, 0.1) is 0 Å². The van der Waals surface area contributed by atoms with Gasteiger partial charge in [-0.05, 0) is 49.2 Å². The summed E-state index contributed by atoms with van der Waals surface area (Å²) in [4.78, 5) is 40.9. The summed E-state index contributed by atoms with van der Waals surface area (Å²) in [6.07, 6.45) is 0. The number of nitrogens with zero attached hydrogens (tertiary/aromatic N) is 1. The Hall–Kier alpha value is -4.79. The third-order valence-electron chi connectivity index (χ3n) is 6.30. The first-order chi connectivity index (χ1) is 18.9. The van der Waals surface area contributed by atoms with Gasteiger partial charge in [-0.3, -0.25) is 9.69 Å². The number of rotatable bonds is 9. The van der Waals surface area contributed by atoms with Gasteiger partial charge in [-0.1, -0.05) is 42.5 Å². The van der Waals surface area contributed by atoms with E-state index >= 15 is 0 Å². The van der Waals surface area contributed by atoms with Crippen LogP contribution in [0.15, 0.2) is 78.4 Å². The van der Waals surface area contributed by atoms with Gasteiger partial charge in [-0.25, -0.2) is 9.59 Å². The molecule has 3 aromatic carbocycles. The molecule has 0 saturated heterocycles. The second-order valence-corrected chi connectivity index (χ2v) is 8.65. The molecule has 1 heterocycles. The number of hydrogen-bond donors (Lipinski definition) is 2. The van der Waals surface area contributed by atoms with Crippen LogP contribution in [-0.4, -0.2) is 50.2 Å². The van der Waals surface area contributed by atoms with Crippen molar-refractivity contribution in [2.75, 3.05) is 32.7 Å². The fourth-order valence-electron chi connectivity index (χ4n) is 4.44. The van der Waals surface area contributed by atoms with Crippen LogP contribution in [0.3, 0.4) is 0 Å². The standard InChI is InChI=1S/C30H31N3O6/c1-5-33-27(20-10-8-7-9-11-20)25(29(35)39-6-2)26(32-30(33)36)19-12-14-22(15-13-19)31-28(34)21-16-23(37-3)18-24(17-21)38-4/h7-18,26H,5-6H2,1-4H3,(H,31,34)(H,32,36). The van der Waals surface area contributed by atoms with E-state index in [4.69, 9.17) is 14.2 Å². The average Bonchev–Trinajstić information content (AvgIpc) is 2.97. The van der Waals surface area contributed by atoms with E-state index in [2.05, 4.69) is 10.6 Å². The zero-order valence-electron chi connectivity index (χ0n) is 22.3. The molecular weight excluding hydrogens is 498 g/mol. The van der Waals surface area contributed by atoms with Gasteiger partial charge in [-0.2, -0.15) is 0 Å². The minimum absolute atomic E-state index is 0.192. The van der Waals surface area contributed by atoms with E-state index in [-0.39, 0.29) is 18.5 Å². The van der Waals surface area contributed by atoms with Gasteiger partial charge in [0.25, 0.3) is 5.91 Å². The number of urea groups is 1. The molecule has 3 amide bonds. The van der Waals surface area contributed by atoms with Crippen molar-refractivity contribution in [3.05, 3.63) is 95.1 Å². The van der Waals surface area contributed by atoms with Gasteiger partial charge in [0, 0.05) is 23.9 Å². The molecule has 0 aliphatic carbocycles. The molecule has 3 aromatic rings. The maximum atomic E-state index is 13.3. The molecule has 1 atom stereocenters. The van der Waals surface area contributed by atoms with E-state index in [1.54, 1.807) is 49.4 Å². The summed E-state index contributed by atoms with van der Waals surface area (Å²) in [6.45, 7) is 4.15. The minimum atomic E-state index is -0.748. The van der Waals surface area contributed by atoms with Crippen molar-refractivity contribution >= 4 is 29.3 Å². The molecule has 39 heavy (non-hydrogen) atoms. The second-order valence-electron chi connectivity index (χ2n) is 8.65. The van der Waals surface area contributed by atoms with Gasteiger partial charge < -0.3 is 24.8 Å². The Morgan fingerprint density at radius 2 is 1.56 bits per heavy atom. The highest BCUT2D eigenvalue weighted by Crippen LogP contribution is 2.37. The molecule has 1 aliphatic heterocycles. The predicted octanol–water partition coefficient (Wildman–Crippen LogP) is 5.02. The van der Waals surface area contributed by atoms with Crippen LogP contribution in [0.2, 0.25) is 0 Å². The maximum absolute atomic E-state index is 13.3. The van der Waals surface area contributed by atoms with Gasteiger partial charge in [0.1, 0.15) is 11.5 Å². The summed E-state index contributed by atoms with van der Waals surface area (Å²) < 4.78 is 15.9. The molecule has 4 rings (SSSR count). The summed E-state index contributed by atoms with van der Waals surface area (Å²) in [5, 5.41) is 5.80. The van der Waals surface area contributed by atoms with Crippen molar-refractivity contribution in [2.24, 2.45) is 0 Å². The molecule has 0 aromatic heterocycles. The van der Waals surface area contributed by atoms with E-state index in [1.165, 1.54) is 19.1 Å². The molecular formula is C30H31N3O6. The molecule has 9 nitrogen and oxygen atoms in total. The number of benzene rings is 3. The molecule has 202 valence electrons. The number of methoxy groups -OCH3 is 2. The first kappa shape index (κ1) is 27.3. The monoisotopic (exact) mass is 529 g/mol. The van der Waals surface area contributed by atoms with Crippen molar-refractivity contribution in [2.45, 2.75) is 19.9 Å². The SMILES string of the molecule is CCOC(=O)C1=C(c2ccccc2)N(CC)C(=O)NC1c1ccc(NC(=O)c2cc(OC)cc(OC)c2)cc1. The third kappa shape index (κ3) is 5.87. The van der Waals surface area contributed by atoms with E-state index in [0.29, 0.717) is 46.1 Å². The van der Waals surface area contributed by atoms with Crippen LogP contribution < -0.4 is 20.1 Å². The van der Waals surface area contributed by atoms with E-state index in [1.807, 2.05) is 37.3 Å². The number of hydrogen-bond acceptors (Lipinski definition) is 6. The molecule has 0 bridgehead atoms. The number of amides is 3. The molecule has 0 fully saturated rings. The van der Waals surface area contributed by atoms with Crippen molar-refractivity contribution in [1.29, 1.82) is 0 Å². The van der Waals surface area contributed by atoms with Crippen LogP contribution in [0.25, 0.3) is 5.70 Å². The maximum Gasteiger partial charge on any atom is 0.338 e. The Balaban J connectivity index is 1.68. The fraction of sp³-hybridized carbons (Fsp3) is 0.233. The lowest BCUT2D eigenvalue weighted by Gasteiger charge is -2.36. The van der Waals surface area contributed by atoms with Crippen LogP contribution in [-0.2, 0) is 9.53 Å². The predicted molar refractivity (Wildman–Crippen MR) is 148 cm³/mol. The van der Waals surface area contributed by atoms with Gasteiger partial charge in [0.2, 0.25) is 0 Å². The Kier molecular flexibility index (Phi) is 8.50. The van der Waals surface area contributed by atoms with Gasteiger partial charge in [0.15, 0.2) is 0 Å². The smallest absolute Gasteiger partial charge is 0.338 e. The molecule has 9 heteroatoms. The third-order valence-corrected chi connectivity index (χ3v) is 6.30. The van der Waals surface area contributed by atoms with Crippen molar-refractivity contribution in [3.63, 3.8) is 0 Å². The van der Waals surface area contributed by atoms with Crippen LogP contribution in [0.5, 0.6) is 11.5 Å². The Labute approximate surface area is 227 Å². The fourth-order valence-corrected chi connectivity index (χ4v) is 4.44. The summed E-state index contributed by atoms with van der Waals surface area (Å²) in [5.74, 6) is 0.139. The topological polar surface area (TPSA) is 106 Å². The van der Waals surface area contributed by atoms with E-state index in [9.17, 15) is 14.4 Å². The first-order valence-corrected chi connectivity index (χ1v) is 12.6. The van der Waals surface area contributed by atoms with Crippen molar-refractivity contribution in [1.82, 2.24) is 10.2 Å². The Morgan fingerprint density at radius 1 is 0.923 bits per heavy atom. The lowest BCUT2D eigenvalue weighted by molar-refractivity contribution is -0.138. The van der Waals surface area contributed by atoms with E-state index in [0.717, 1.165) is 5.56 Å². The van der Waals surface area contributed by atoms with Crippen LogP contribution in [0.4, 0.5) is 10.5 Å². The number of nitrogens with one attached hydrogen (secondary N) is 2. The van der Waals surface area contributed by atoms with Gasteiger partial charge >= 0.3 is 12.0 Å². The molecule has 2 N–H and O–H groups in total. The summed E-state index contributed by atoms with van der Waals surface area (Å²) in [7, 11) is 3.03. The highest BCUT2D eigenvalue weighted by atomic mass is 16.5. The molecule has 1 unspecified atom stereocenters. The summed E-state index contributed by atoms with van der Waals surface area (Å²) >= 11 is 0. The number of carbonyl (C=O) groups is 3. The zero-order valence-corrected chi connectivity index (χ0v) is 22.3. The van der Waals surface area contributed by atoms with Crippen LogP contribution >= 0.6 is 0 Å². The van der Waals surface area contributed by atoms with Gasteiger partial charge in [0.05, 0.1) is 38.1 Å². The number of anilines is 1. The number of carbonyl (C=O) groups excluding carboxylic acids is 3. The minimum Gasteiger partial charge on any atom is -0.497 e. The summed E-state index contributed by atoms with van der Waals surface area (Å²) in [6, 6.07) is 20.1. The number of esters is 1. The normalized spacial score (nSPS) is 14.9. The molecule has 0 radical (unpaired) electrons. The lowest BCUT2D eigenvalue weighted by Crippen LogP contribution is -2.47. The molecule has 1 aliphatic rings. The van der Waals surface area contributed by atoms with E-state index < -0.39 is 12.0 Å². The highest BCUT2D eigenvalue weighted by molar-refractivity contribution is 6.06. The van der Waals surface area contributed by atoms with Gasteiger partial charge in [-0.15, -0.1) is 0 Å². The molecule has 0 saturated carbocycles. The summed E-state index contributed by atoms with van der Waals surface area (Å²) in [5.41, 5.74) is 3.15. The first-order valence-electron chi connectivity index (χ1n) is 12.6. The average molecular weight is 530 g/mol. The zero-order chi connectivity index (χ0) is 27.9. The second kappa shape index (κ2) is 12.2. The Bertz CT molecular complexity index is 1360. The lowest BCUT2D eigenvalue weighted by atomic mass is 9.91. The number of ether oxygens (including phenoxy) is 3. The Morgan fingerprint density at radius 3 is 2.13 bits per heavy atom. The molecule has 0 spiro atoms. The van der Waals surface area contributed by atoms with Crippen molar-refractivity contribution < 1.29 is 28.6 Å². The largest absolute Gasteiger partial charge is 0.497 e. The van der Waals surface area contributed by atoms with Crippen molar-refractivity contribution in [3.8, 4) is 11.5 Å². The quantitative estimate of drug-likeness (QED) is 0.377. The van der Waals surface area contributed by atoms with Crippen LogP contribution in [0.1, 0.15) is 41.4 Å².